The zero-order chi connectivity index (χ0) is 15.2. The normalized spacial score (nSPS) is 10.0. The molecule has 0 spiro atoms. The Morgan fingerprint density at radius 1 is 1.14 bits per heavy atom. The molecule has 1 aromatic heterocycles. The molecule has 0 atom stereocenters. The first-order valence-electron chi connectivity index (χ1n) is 6.30. The topological polar surface area (TPSA) is 56.8 Å². The molecule has 5 nitrogen and oxygen atoms in total. The Balaban J connectivity index is 2.20. The summed E-state index contributed by atoms with van der Waals surface area (Å²) in [5.41, 5.74) is 0.769. The molecule has 0 saturated heterocycles. The highest BCUT2D eigenvalue weighted by Gasteiger charge is 2.15. The van der Waals surface area contributed by atoms with Gasteiger partial charge in [0.05, 0.1) is 38.3 Å². The fourth-order valence-electron chi connectivity index (χ4n) is 1.92. The minimum Gasteiger partial charge on any atom is -0.496 e. The van der Waals surface area contributed by atoms with Gasteiger partial charge in [-0.15, -0.1) is 11.3 Å². The first kappa shape index (κ1) is 15.2. The van der Waals surface area contributed by atoms with Crippen LogP contribution >= 0.6 is 11.3 Å². The van der Waals surface area contributed by atoms with Crippen LogP contribution in [0.3, 0.4) is 0 Å². The van der Waals surface area contributed by atoms with E-state index in [2.05, 4.69) is 5.32 Å². The molecule has 0 unspecified atom stereocenters. The Bertz CT molecular complexity index is 585. The molecule has 2 aromatic rings. The van der Waals surface area contributed by atoms with Gasteiger partial charge in [-0.2, -0.15) is 0 Å². The highest BCUT2D eigenvalue weighted by molar-refractivity contribution is 7.12. The van der Waals surface area contributed by atoms with Crippen LogP contribution in [0.4, 0.5) is 0 Å². The fourth-order valence-corrected chi connectivity index (χ4v) is 2.56. The molecule has 1 amide bonds. The van der Waals surface area contributed by atoms with E-state index in [0.29, 0.717) is 28.7 Å². The number of carbonyl (C=O) groups is 1. The zero-order valence-corrected chi connectivity index (χ0v) is 13.0. The summed E-state index contributed by atoms with van der Waals surface area (Å²) in [4.78, 5) is 12.7. The molecule has 1 N–H and O–H groups in total. The van der Waals surface area contributed by atoms with E-state index in [1.54, 1.807) is 39.5 Å². The van der Waals surface area contributed by atoms with Gasteiger partial charge in [-0.25, -0.2) is 0 Å². The molecule has 0 radical (unpaired) electrons. The number of hydrogen-bond acceptors (Lipinski definition) is 5. The van der Waals surface area contributed by atoms with Crippen LogP contribution in [0.1, 0.15) is 15.2 Å². The van der Waals surface area contributed by atoms with Gasteiger partial charge in [0, 0.05) is 12.1 Å². The van der Waals surface area contributed by atoms with Gasteiger partial charge in [-0.3, -0.25) is 4.79 Å². The minimum atomic E-state index is -0.120. The van der Waals surface area contributed by atoms with Crippen molar-refractivity contribution in [1.82, 2.24) is 5.32 Å². The van der Waals surface area contributed by atoms with E-state index in [9.17, 15) is 4.79 Å². The number of methoxy groups -OCH3 is 3. The smallest absolute Gasteiger partial charge is 0.261 e. The Morgan fingerprint density at radius 3 is 2.29 bits per heavy atom. The number of rotatable bonds is 6. The van der Waals surface area contributed by atoms with Gasteiger partial charge >= 0.3 is 0 Å². The van der Waals surface area contributed by atoms with Crippen LogP contribution in [0.5, 0.6) is 17.2 Å². The monoisotopic (exact) mass is 307 g/mol. The first-order chi connectivity index (χ1) is 10.2. The molecular weight excluding hydrogens is 290 g/mol. The lowest BCUT2D eigenvalue weighted by Crippen LogP contribution is -2.22. The lowest BCUT2D eigenvalue weighted by Gasteiger charge is -2.15. The second kappa shape index (κ2) is 6.99. The lowest BCUT2D eigenvalue weighted by atomic mass is 10.1. The Morgan fingerprint density at radius 2 is 1.81 bits per heavy atom. The minimum absolute atomic E-state index is 0.120. The van der Waals surface area contributed by atoms with Crippen molar-refractivity contribution in [2.45, 2.75) is 6.54 Å². The van der Waals surface area contributed by atoms with Crippen molar-refractivity contribution in [2.75, 3.05) is 21.3 Å². The second-order valence-electron chi connectivity index (χ2n) is 4.17. The number of thiophene rings is 1. The number of nitrogens with one attached hydrogen (secondary N) is 1. The summed E-state index contributed by atoms with van der Waals surface area (Å²) < 4.78 is 15.9. The molecule has 1 aromatic carbocycles. The fraction of sp³-hybridized carbons (Fsp3) is 0.267. The molecule has 0 fully saturated rings. The van der Waals surface area contributed by atoms with Gasteiger partial charge < -0.3 is 19.5 Å². The van der Waals surface area contributed by atoms with Gasteiger partial charge in [0.1, 0.15) is 17.2 Å². The predicted molar refractivity (Wildman–Crippen MR) is 81.6 cm³/mol. The third-order valence-electron chi connectivity index (χ3n) is 2.99. The molecule has 0 saturated carbocycles. The van der Waals surface area contributed by atoms with Crippen molar-refractivity contribution in [3.63, 3.8) is 0 Å². The van der Waals surface area contributed by atoms with Crippen molar-refractivity contribution in [1.29, 1.82) is 0 Å². The first-order valence-corrected chi connectivity index (χ1v) is 7.18. The van der Waals surface area contributed by atoms with Gasteiger partial charge in [0.2, 0.25) is 0 Å². The van der Waals surface area contributed by atoms with E-state index >= 15 is 0 Å². The average molecular weight is 307 g/mol. The maximum Gasteiger partial charge on any atom is 0.261 e. The van der Waals surface area contributed by atoms with E-state index < -0.39 is 0 Å². The van der Waals surface area contributed by atoms with Crippen LogP contribution in [-0.2, 0) is 6.54 Å². The number of carbonyl (C=O) groups excluding carboxylic acids is 1. The summed E-state index contributed by atoms with van der Waals surface area (Å²) in [6.45, 7) is 0.313. The summed E-state index contributed by atoms with van der Waals surface area (Å²) in [6, 6.07) is 7.14. The zero-order valence-electron chi connectivity index (χ0n) is 12.1. The van der Waals surface area contributed by atoms with Crippen molar-refractivity contribution < 1.29 is 19.0 Å². The number of benzene rings is 1. The highest BCUT2D eigenvalue weighted by atomic mass is 32.1. The van der Waals surface area contributed by atoms with Crippen molar-refractivity contribution in [3.05, 3.63) is 40.1 Å². The summed E-state index contributed by atoms with van der Waals surface area (Å²) >= 11 is 1.40. The second-order valence-corrected chi connectivity index (χ2v) is 5.12. The summed E-state index contributed by atoms with van der Waals surface area (Å²) in [5, 5.41) is 4.72. The largest absolute Gasteiger partial charge is 0.496 e. The molecular formula is C15H17NO4S. The van der Waals surface area contributed by atoms with Gasteiger partial charge in [0.25, 0.3) is 5.91 Å². The molecule has 0 aliphatic carbocycles. The molecule has 2 rings (SSSR count). The Hall–Kier alpha value is -2.21. The van der Waals surface area contributed by atoms with Gasteiger partial charge in [-0.1, -0.05) is 6.07 Å². The summed E-state index contributed by atoms with van der Waals surface area (Å²) in [5.74, 6) is 1.73. The van der Waals surface area contributed by atoms with Crippen molar-refractivity contribution in [3.8, 4) is 17.2 Å². The third-order valence-corrected chi connectivity index (χ3v) is 3.86. The van der Waals surface area contributed by atoms with Gasteiger partial charge in [-0.05, 0) is 11.4 Å². The van der Waals surface area contributed by atoms with Crippen LogP contribution in [0.15, 0.2) is 29.6 Å². The highest BCUT2D eigenvalue weighted by Crippen LogP contribution is 2.33. The van der Waals surface area contributed by atoms with Crippen molar-refractivity contribution in [2.24, 2.45) is 0 Å². The van der Waals surface area contributed by atoms with Gasteiger partial charge in [0.15, 0.2) is 0 Å². The number of hydrogen-bond donors (Lipinski definition) is 1. The predicted octanol–water partition coefficient (Wildman–Crippen LogP) is 2.70. The molecule has 21 heavy (non-hydrogen) atoms. The number of ether oxygens (including phenoxy) is 3. The third kappa shape index (κ3) is 3.46. The van der Waals surface area contributed by atoms with E-state index in [0.717, 1.165) is 5.56 Å². The van der Waals surface area contributed by atoms with E-state index in [1.165, 1.54) is 11.3 Å². The quantitative estimate of drug-likeness (QED) is 0.891. The summed E-state index contributed by atoms with van der Waals surface area (Å²) in [6.07, 6.45) is 0. The van der Waals surface area contributed by atoms with Crippen LogP contribution in [0.25, 0.3) is 0 Å². The van der Waals surface area contributed by atoms with Crippen LogP contribution in [0.2, 0.25) is 0 Å². The van der Waals surface area contributed by atoms with Crippen molar-refractivity contribution >= 4 is 17.2 Å². The van der Waals surface area contributed by atoms with Crippen LogP contribution < -0.4 is 19.5 Å². The maximum absolute atomic E-state index is 12.0. The lowest BCUT2D eigenvalue weighted by molar-refractivity contribution is 0.0954. The Kier molecular flexibility index (Phi) is 5.05. The molecule has 0 bridgehead atoms. The molecule has 0 aliphatic rings. The van der Waals surface area contributed by atoms with E-state index in [-0.39, 0.29) is 5.91 Å². The van der Waals surface area contributed by atoms with E-state index in [4.69, 9.17) is 14.2 Å². The molecule has 0 aliphatic heterocycles. The summed E-state index contributed by atoms with van der Waals surface area (Å²) in [7, 11) is 4.71. The standard InChI is InChI=1S/C15H17NO4S/c1-18-10-7-12(19-2)11(13(8-10)20-3)9-16-15(17)14-5-4-6-21-14/h4-8H,9H2,1-3H3,(H,16,17). The Labute approximate surface area is 127 Å². The molecule has 1 heterocycles. The van der Waals surface area contributed by atoms with Crippen LogP contribution in [0, 0.1) is 0 Å². The molecule has 6 heteroatoms. The van der Waals surface area contributed by atoms with Crippen LogP contribution in [-0.4, -0.2) is 27.2 Å². The molecule has 112 valence electrons. The maximum atomic E-state index is 12.0. The SMILES string of the molecule is COc1cc(OC)c(CNC(=O)c2cccs2)c(OC)c1. The number of amides is 1. The average Bonchev–Trinajstić information content (AvgIpc) is 3.06. The van der Waals surface area contributed by atoms with E-state index in [1.807, 2.05) is 11.4 Å².